The Balaban J connectivity index is 2.41. The SMILES string of the molecule is CCOCC(C)NC(=O)CC(C)c1ccc(N)cc1. The van der Waals surface area contributed by atoms with Gasteiger partial charge in [-0.25, -0.2) is 0 Å². The van der Waals surface area contributed by atoms with Crippen molar-refractivity contribution in [2.75, 3.05) is 18.9 Å². The first-order valence-corrected chi connectivity index (χ1v) is 6.75. The predicted molar refractivity (Wildman–Crippen MR) is 78.0 cm³/mol. The van der Waals surface area contributed by atoms with Crippen LogP contribution in [0.25, 0.3) is 0 Å². The molecule has 4 nitrogen and oxygen atoms in total. The van der Waals surface area contributed by atoms with Gasteiger partial charge in [-0.05, 0) is 37.5 Å². The molecule has 1 amide bonds. The summed E-state index contributed by atoms with van der Waals surface area (Å²) in [5.41, 5.74) is 7.52. The van der Waals surface area contributed by atoms with E-state index in [4.69, 9.17) is 10.5 Å². The zero-order chi connectivity index (χ0) is 14.3. The zero-order valence-electron chi connectivity index (χ0n) is 12.0. The number of ether oxygens (including phenoxy) is 1. The van der Waals surface area contributed by atoms with Crippen molar-refractivity contribution in [3.05, 3.63) is 29.8 Å². The topological polar surface area (TPSA) is 64.3 Å². The molecule has 0 aliphatic carbocycles. The molecule has 1 aromatic carbocycles. The van der Waals surface area contributed by atoms with Gasteiger partial charge in [-0.3, -0.25) is 4.79 Å². The van der Waals surface area contributed by atoms with Crippen LogP contribution in [0.5, 0.6) is 0 Å². The van der Waals surface area contributed by atoms with Crippen molar-refractivity contribution >= 4 is 11.6 Å². The molecule has 0 aliphatic heterocycles. The summed E-state index contributed by atoms with van der Waals surface area (Å²) in [6, 6.07) is 7.71. The Bertz CT molecular complexity index is 390. The number of nitrogens with two attached hydrogens (primary N) is 1. The molecule has 0 aromatic heterocycles. The maximum atomic E-state index is 11.9. The van der Waals surface area contributed by atoms with Crippen LogP contribution in [0, 0.1) is 0 Å². The Morgan fingerprint density at radius 3 is 2.53 bits per heavy atom. The first-order valence-electron chi connectivity index (χ1n) is 6.75. The van der Waals surface area contributed by atoms with Crippen LogP contribution in [0.3, 0.4) is 0 Å². The van der Waals surface area contributed by atoms with Crippen LogP contribution in [0.2, 0.25) is 0 Å². The fourth-order valence-electron chi connectivity index (χ4n) is 1.89. The molecule has 19 heavy (non-hydrogen) atoms. The Kier molecular flexibility index (Phi) is 6.36. The minimum atomic E-state index is 0.0473. The molecule has 3 N–H and O–H groups in total. The lowest BCUT2D eigenvalue weighted by molar-refractivity contribution is -0.122. The molecule has 2 unspecified atom stereocenters. The monoisotopic (exact) mass is 264 g/mol. The second-order valence-corrected chi connectivity index (χ2v) is 4.90. The minimum Gasteiger partial charge on any atom is -0.399 e. The lowest BCUT2D eigenvalue weighted by Gasteiger charge is -2.16. The molecule has 4 heteroatoms. The molecule has 1 rings (SSSR count). The number of nitrogen functional groups attached to an aromatic ring is 1. The van der Waals surface area contributed by atoms with Crippen LogP contribution >= 0.6 is 0 Å². The van der Waals surface area contributed by atoms with E-state index in [1.807, 2.05) is 45.0 Å². The van der Waals surface area contributed by atoms with E-state index in [9.17, 15) is 4.79 Å². The van der Waals surface area contributed by atoms with Crippen LogP contribution in [-0.2, 0) is 9.53 Å². The molecule has 106 valence electrons. The smallest absolute Gasteiger partial charge is 0.220 e. The molecule has 0 fully saturated rings. The summed E-state index contributed by atoms with van der Waals surface area (Å²) in [4.78, 5) is 11.9. The van der Waals surface area contributed by atoms with E-state index in [-0.39, 0.29) is 17.9 Å². The molecule has 2 atom stereocenters. The number of anilines is 1. The number of nitrogens with one attached hydrogen (secondary N) is 1. The van der Waals surface area contributed by atoms with Crippen molar-refractivity contribution in [1.29, 1.82) is 0 Å². The summed E-state index contributed by atoms with van der Waals surface area (Å²) in [5.74, 6) is 0.233. The van der Waals surface area contributed by atoms with Crippen LogP contribution < -0.4 is 11.1 Å². The first kappa shape index (κ1) is 15.5. The molecule has 0 spiro atoms. The van der Waals surface area contributed by atoms with Crippen molar-refractivity contribution < 1.29 is 9.53 Å². The predicted octanol–water partition coefficient (Wildman–Crippen LogP) is 2.30. The fraction of sp³-hybridized carbons (Fsp3) is 0.533. The van der Waals surface area contributed by atoms with E-state index >= 15 is 0 Å². The minimum absolute atomic E-state index is 0.0473. The summed E-state index contributed by atoms with van der Waals surface area (Å²) in [7, 11) is 0. The van der Waals surface area contributed by atoms with E-state index < -0.39 is 0 Å². The normalized spacial score (nSPS) is 13.8. The Labute approximate surface area is 115 Å². The van der Waals surface area contributed by atoms with Gasteiger partial charge >= 0.3 is 0 Å². The summed E-state index contributed by atoms with van der Waals surface area (Å²) >= 11 is 0. The first-order chi connectivity index (χ1) is 9.02. The van der Waals surface area contributed by atoms with Gasteiger partial charge in [0.25, 0.3) is 0 Å². The number of hydrogen-bond donors (Lipinski definition) is 2. The van der Waals surface area contributed by atoms with Gasteiger partial charge in [-0.1, -0.05) is 19.1 Å². The third kappa shape index (κ3) is 5.75. The Morgan fingerprint density at radius 1 is 1.32 bits per heavy atom. The quantitative estimate of drug-likeness (QED) is 0.743. The van der Waals surface area contributed by atoms with E-state index in [2.05, 4.69) is 5.32 Å². The van der Waals surface area contributed by atoms with Crippen molar-refractivity contribution in [1.82, 2.24) is 5.32 Å². The van der Waals surface area contributed by atoms with Gasteiger partial charge in [-0.2, -0.15) is 0 Å². The van der Waals surface area contributed by atoms with Gasteiger partial charge in [0.1, 0.15) is 0 Å². The largest absolute Gasteiger partial charge is 0.399 e. The molecule has 0 saturated carbocycles. The molecule has 1 aromatic rings. The van der Waals surface area contributed by atoms with Crippen LogP contribution in [0.4, 0.5) is 5.69 Å². The van der Waals surface area contributed by atoms with Gasteiger partial charge < -0.3 is 15.8 Å². The van der Waals surface area contributed by atoms with E-state index in [1.165, 1.54) is 0 Å². The maximum Gasteiger partial charge on any atom is 0.220 e. The molecule has 0 bridgehead atoms. The lowest BCUT2D eigenvalue weighted by atomic mass is 9.97. The van der Waals surface area contributed by atoms with Gasteiger partial charge in [0.2, 0.25) is 5.91 Å². The highest BCUT2D eigenvalue weighted by Crippen LogP contribution is 2.19. The van der Waals surface area contributed by atoms with Gasteiger partial charge in [0, 0.05) is 24.8 Å². The van der Waals surface area contributed by atoms with Crippen molar-refractivity contribution in [2.24, 2.45) is 0 Å². The summed E-state index contributed by atoms with van der Waals surface area (Å²) in [5, 5.41) is 2.94. The zero-order valence-corrected chi connectivity index (χ0v) is 12.0. The van der Waals surface area contributed by atoms with Gasteiger partial charge in [-0.15, -0.1) is 0 Å². The van der Waals surface area contributed by atoms with Crippen molar-refractivity contribution in [3.8, 4) is 0 Å². The summed E-state index contributed by atoms with van der Waals surface area (Å²) in [6.07, 6.45) is 0.473. The number of rotatable bonds is 7. The second-order valence-electron chi connectivity index (χ2n) is 4.90. The number of hydrogen-bond acceptors (Lipinski definition) is 3. The molecule has 0 saturated heterocycles. The maximum absolute atomic E-state index is 11.9. The Hall–Kier alpha value is -1.55. The van der Waals surface area contributed by atoms with Crippen molar-refractivity contribution in [3.63, 3.8) is 0 Å². The third-order valence-corrected chi connectivity index (χ3v) is 2.98. The highest BCUT2D eigenvalue weighted by Gasteiger charge is 2.13. The lowest BCUT2D eigenvalue weighted by Crippen LogP contribution is -2.36. The van der Waals surface area contributed by atoms with E-state index in [0.29, 0.717) is 19.6 Å². The average molecular weight is 264 g/mol. The number of carbonyl (C=O) groups is 1. The van der Waals surface area contributed by atoms with Crippen LogP contribution in [-0.4, -0.2) is 25.2 Å². The van der Waals surface area contributed by atoms with E-state index in [1.54, 1.807) is 0 Å². The highest BCUT2D eigenvalue weighted by molar-refractivity contribution is 5.77. The average Bonchev–Trinajstić information content (AvgIpc) is 2.36. The fourth-order valence-corrected chi connectivity index (χ4v) is 1.89. The molecule has 0 heterocycles. The highest BCUT2D eigenvalue weighted by atomic mass is 16.5. The van der Waals surface area contributed by atoms with Crippen molar-refractivity contribution in [2.45, 2.75) is 39.2 Å². The molecule has 0 radical (unpaired) electrons. The number of carbonyl (C=O) groups excluding carboxylic acids is 1. The van der Waals surface area contributed by atoms with Gasteiger partial charge in [0.15, 0.2) is 0 Å². The van der Waals surface area contributed by atoms with E-state index in [0.717, 1.165) is 11.3 Å². The standard InChI is InChI=1S/C15H24N2O2/c1-4-19-10-12(3)17-15(18)9-11(2)13-5-7-14(16)8-6-13/h5-8,11-12H,4,9-10,16H2,1-3H3,(H,17,18). The summed E-state index contributed by atoms with van der Waals surface area (Å²) in [6.45, 7) is 7.15. The van der Waals surface area contributed by atoms with Crippen LogP contribution in [0.1, 0.15) is 38.7 Å². The Morgan fingerprint density at radius 2 is 1.95 bits per heavy atom. The second kappa shape index (κ2) is 7.79. The van der Waals surface area contributed by atoms with Gasteiger partial charge in [0.05, 0.1) is 6.61 Å². The molecule has 0 aliphatic rings. The number of amides is 1. The van der Waals surface area contributed by atoms with Crippen LogP contribution in [0.15, 0.2) is 24.3 Å². The molecular weight excluding hydrogens is 240 g/mol. The third-order valence-electron chi connectivity index (χ3n) is 2.98. The summed E-state index contributed by atoms with van der Waals surface area (Å²) < 4.78 is 5.27. The molecular formula is C15H24N2O2. The number of benzene rings is 1.